The molecule has 0 saturated carbocycles. The molecule has 0 fully saturated rings. The first-order valence-electron chi connectivity index (χ1n) is 7.46. The Morgan fingerprint density at radius 2 is 1.83 bits per heavy atom. The summed E-state index contributed by atoms with van der Waals surface area (Å²) in [5.74, 6) is 0.822. The first kappa shape index (κ1) is 14.2. The molecular weight excluding hydrogens is 358 g/mol. The van der Waals surface area contributed by atoms with Crippen LogP contribution in [-0.4, -0.2) is 24.8 Å². The van der Waals surface area contributed by atoms with E-state index in [-0.39, 0.29) is 0 Å². The fraction of sp³-hybridized carbons (Fsp3) is 0.125. The summed E-state index contributed by atoms with van der Waals surface area (Å²) in [5, 5.41) is 17.4. The number of hydrogen-bond donors (Lipinski definition) is 0. The van der Waals surface area contributed by atoms with Crippen molar-refractivity contribution in [3.63, 3.8) is 0 Å². The predicted octanol–water partition coefficient (Wildman–Crippen LogP) is 4.31. The van der Waals surface area contributed by atoms with Gasteiger partial charge in [-0.05, 0) is 23.6 Å². The van der Waals surface area contributed by atoms with E-state index in [0.717, 1.165) is 44.0 Å². The normalized spacial score (nSPS) is 11.7. The maximum atomic E-state index is 4.69. The standard InChI is InChI=1S/C16H11N5S3/c1-2-5-11-10(4-1)17-13(23-11)7-8-14-20-21-15(12-6-3-9-22-12)18-19-16(21)24-14/h1-6,9H,7-8H2. The maximum Gasteiger partial charge on any atom is 0.234 e. The topological polar surface area (TPSA) is 56.0 Å². The number of thiophene rings is 1. The van der Waals surface area contributed by atoms with Gasteiger partial charge in [-0.25, -0.2) is 4.98 Å². The van der Waals surface area contributed by atoms with Gasteiger partial charge >= 0.3 is 0 Å². The molecule has 0 aliphatic carbocycles. The van der Waals surface area contributed by atoms with Crippen LogP contribution >= 0.6 is 34.0 Å². The van der Waals surface area contributed by atoms with Gasteiger partial charge in [0.1, 0.15) is 5.01 Å². The average molecular weight is 370 g/mol. The Hall–Kier alpha value is -2.16. The summed E-state index contributed by atoms with van der Waals surface area (Å²) in [6.45, 7) is 0. The van der Waals surface area contributed by atoms with Crippen molar-refractivity contribution in [1.82, 2.24) is 24.8 Å². The largest absolute Gasteiger partial charge is 0.241 e. The molecule has 0 unspecified atom stereocenters. The molecule has 0 aliphatic heterocycles. The average Bonchev–Trinajstić information content (AvgIpc) is 3.34. The van der Waals surface area contributed by atoms with E-state index in [2.05, 4.69) is 33.4 Å². The van der Waals surface area contributed by atoms with Gasteiger partial charge < -0.3 is 0 Å². The summed E-state index contributed by atoms with van der Waals surface area (Å²) in [7, 11) is 0. The van der Waals surface area contributed by atoms with Gasteiger partial charge in [0.05, 0.1) is 20.1 Å². The van der Waals surface area contributed by atoms with Crippen LogP contribution in [0.4, 0.5) is 0 Å². The van der Waals surface area contributed by atoms with Crippen LogP contribution in [0.3, 0.4) is 0 Å². The number of nitrogens with zero attached hydrogens (tertiary/aromatic N) is 5. The molecule has 5 nitrogen and oxygen atoms in total. The fourth-order valence-electron chi connectivity index (χ4n) is 2.56. The van der Waals surface area contributed by atoms with Crippen LogP contribution in [0.25, 0.3) is 25.9 Å². The van der Waals surface area contributed by atoms with E-state index in [4.69, 9.17) is 5.10 Å². The SMILES string of the molecule is c1csc(-c2nnc3sc(CCc4nc5ccccc5s4)nn23)c1. The number of benzene rings is 1. The molecule has 0 atom stereocenters. The Morgan fingerprint density at radius 1 is 0.917 bits per heavy atom. The first-order valence-corrected chi connectivity index (χ1v) is 9.97. The van der Waals surface area contributed by atoms with Crippen molar-refractivity contribution in [1.29, 1.82) is 0 Å². The molecular formula is C16H11N5S3. The Labute approximate surface area is 149 Å². The Kier molecular flexibility index (Phi) is 3.39. The van der Waals surface area contributed by atoms with Gasteiger partial charge in [0.25, 0.3) is 0 Å². The van der Waals surface area contributed by atoms with E-state index < -0.39 is 0 Å². The van der Waals surface area contributed by atoms with Gasteiger partial charge in [0, 0.05) is 12.8 Å². The molecule has 0 spiro atoms. The number of rotatable bonds is 4. The molecule has 4 aromatic heterocycles. The third-order valence-corrected chi connectivity index (χ3v) is 6.59. The van der Waals surface area contributed by atoms with Crippen LogP contribution in [0, 0.1) is 0 Å². The van der Waals surface area contributed by atoms with E-state index in [1.807, 2.05) is 28.1 Å². The molecule has 0 saturated heterocycles. The van der Waals surface area contributed by atoms with E-state index >= 15 is 0 Å². The summed E-state index contributed by atoms with van der Waals surface area (Å²) in [4.78, 5) is 6.62. The highest BCUT2D eigenvalue weighted by Crippen LogP contribution is 2.26. The molecule has 0 radical (unpaired) electrons. The van der Waals surface area contributed by atoms with Crippen LogP contribution in [0.1, 0.15) is 10.0 Å². The quantitative estimate of drug-likeness (QED) is 0.474. The molecule has 8 heteroatoms. The predicted molar refractivity (Wildman–Crippen MR) is 99.0 cm³/mol. The molecule has 5 rings (SSSR count). The van der Waals surface area contributed by atoms with Crippen molar-refractivity contribution in [3.8, 4) is 10.7 Å². The van der Waals surface area contributed by atoms with Gasteiger partial charge in [-0.15, -0.1) is 32.9 Å². The second-order valence-corrected chi connectivity index (χ2v) is 8.37. The highest BCUT2D eigenvalue weighted by molar-refractivity contribution is 7.18. The minimum Gasteiger partial charge on any atom is -0.241 e. The summed E-state index contributed by atoms with van der Waals surface area (Å²) in [6.07, 6.45) is 1.77. The van der Waals surface area contributed by atoms with Gasteiger partial charge in [-0.3, -0.25) is 0 Å². The van der Waals surface area contributed by atoms with Crippen molar-refractivity contribution in [2.24, 2.45) is 0 Å². The van der Waals surface area contributed by atoms with Gasteiger partial charge in [-0.2, -0.15) is 9.61 Å². The van der Waals surface area contributed by atoms with Crippen molar-refractivity contribution < 1.29 is 0 Å². The minimum absolute atomic E-state index is 0.822. The van der Waals surface area contributed by atoms with Crippen molar-refractivity contribution >= 4 is 49.2 Å². The van der Waals surface area contributed by atoms with E-state index in [9.17, 15) is 0 Å². The van der Waals surface area contributed by atoms with Crippen LogP contribution < -0.4 is 0 Å². The Balaban J connectivity index is 1.41. The Morgan fingerprint density at radius 3 is 2.71 bits per heavy atom. The van der Waals surface area contributed by atoms with Gasteiger partial charge in [0.15, 0.2) is 5.82 Å². The number of aryl methyl sites for hydroxylation is 2. The fourth-order valence-corrected chi connectivity index (χ4v) is 5.05. The maximum absolute atomic E-state index is 4.69. The van der Waals surface area contributed by atoms with Crippen molar-refractivity contribution in [3.05, 3.63) is 51.8 Å². The lowest BCUT2D eigenvalue weighted by molar-refractivity contribution is 0.863. The summed E-state index contributed by atoms with van der Waals surface area (Å²) < 4.78 is 3.09. The van der Waals surface area contributed by atoms with Gasteiger partial charge in [0.2, 0.25) is 4.96 Å². The second-order valence-electron chi connectivity index (χ2n) is 5.27. The van der Waals surface area contributed by atoms with E-state index in [1.165, 1.54) is 4.70 Å². The molecule has 118 valence electrons. The summed E-state index contributed by atoms with van der Waals surface area (Å²) in [5.41, 5.74) is 1.08. The minimum atomic E-state index is 0.822. The smallest absolute Gasteiger partial charge is 0.234 e. The molecule has 1 aromatic carbocycles. The van der Waals surface area contributed by atoms with Crippen LogP contribution in [0.15, 0.2) is 41.8 Å². The zero-order valence-electron chi connectivity index (χ0n) is 12.4. The number of thiazole rings is 1. The number of fused-ring (bicyclic) bond motifs is 2. The van der Waals surface area contributed by atoms with E-state index in [1.54, 1.807) is 34.0 Å². The molecule has 0 aliphatic rings. The van der Waals surface area contributed by atoms with Crippen LogP contribution in [0.5, 0.6) is 0 Å². The van der Waals surface area contributed by atoms with E-state index in [0.29, 0.717) is 0 Å². The third kappa shape index (κ3) is 2.43. The van der Waals surface area contributed by atoms with Crippen molar-refractivity contribution in [2.75, 3.05) is 0 Å². The molecule has 5 aromatic rings. The molecule has 0 N–H and O–H groups in total. The highest BCUT2D eigenvalue weighted by Gasteiger charge is 2.14. The lowest BCUT2D eigenvalue weighted by Crippen LogP contribution is -1.93. The monoisotopic (exact) mass is 369 g/mol. The zero-order valence-corrected chi connectivity index (χ0v) is 14.9. The lowest BCUT2D eigenvalue weighted by atomic mass is 10.3. The highest BCUT2D eigenvalue weighted by atomic mass is 32.1. The number of aromatic nitrogens is 5. The van der Waals surface area contributed by atoms with Crippen LogP contribution in [-0.2, 0) is 12.8 Å². The first-order chi connectivity index (χ1) is 11.9. The molecule has 4 heterocycles. The number of hydrogen-bond acceptors (Lipinski definition) is 7. The van der Waals surface area contributed by atoms with Crippen molar-refractivity contribution in [2.45, 2.75) is 12.8 Å². The summed E-state index contributed by atoms with van der Waals surface area (Å²) >= 11 is 5.01. The Bertz CT molecular complexity index is 1090. The number of para-hydroxylation sites is 1. The second kappa shape index (κ2) is 5.73. The van der Waals surface area contributed by atoms with Gasteiger partial charge in [-0.1, -0.05) is 29.5 Å². The van der Waals surface area contributed by atoms with Crippen LogP contribution in [0.2, 0.25) is 0 Å². The third-order valence-electron chi connectivity index (χ3n) is 3.67. The zero-order chi connectivity index (χ0) is 15.9. The molecule has 24 heavy (non-hydrogen) atoms. The lowest BCUT2D eigenvalue weighted by Gasteiger charge is -1.93. The summed E-state index contributed by atoms with van der Waals surface area (Å²) in [6, 6.07) is 12.3. The molecule has 0 bridgehead atoms. The molecule has 0 amide bonds.